The Kier molecular flexibility index (Phi) is 6.10. The predicted octanol–water partition coefficient (Wildman–Crippen LogP) is 2.09. The van der Waals surface area contributed by atoms with E-state index in [1.54, 1.807) is 18.9 Å². The zero-order chi connectivity index (χ0) is 13.9. The number of rotatable bonds is 5. The molecule has 3 rings (SSSR count). The second-order valence-electron chi connectivity index (χ2n) is 5.55. The second-order valence-corrected chi connectivity index (χ2v) is 6.65. The lowest BCUT2D eigenvalue weighted by Gasteiger charge is -2.32. The van der Waals surface area contributed by atoms with Crippen LogP contribution in [-0.4, -0.2) is 47.4 Å². The van der Waals surface area contributed by atoms with E-state index in [1.165, 1.54) is 25.6 Å². The fraction of sp³-hybridized carbons (Fsp3) is 0.714. The number of thioether (sulfide) groups is 1. The molecule has 1 aromatic heterocycles. The summed E-state index contributed by atoms with van der Waals surface area (Å²) in [6.07, 6.45) is 5.16. The number of hydrogen-bond donors (Lipinski definition) is 1. The van der Waals surface area contributed by atoms with Gasteiger partial charge >= 0.3 is 0 Å². The number of hydrogen-bond acceptors (Lipinski definition) is 5. The summed E-state index contributed by atoms with van der Waals surface area (Å²) in [6, 6.07) is 0.371. The summed E-state index contributed by atoms with van der Waals surface area (Å²) in [6.45, 7) is 3.03. The van der Waals surface area contributed by atoms with Crippen molar-refractivity contribution in [1.82, 2.24) is 14.9 Å². The standard InChI is InChI=1S/C14H21N3O2S.ClH/c1-19-6-7-20-14-13(15-8-12(18)16-14)11-3-2-10-4-5-17(11)9-10;/h8,10-11H,2-7,9H2,1H3,(H,16,18);1H. The number of aromatic amines is 1. The molecule has 7 heteroatoms. The zero-order valence-corrected chi connectivity index (χ0v) is 13.8. The van der Waals surface area contributed by atoms with Crippen molar-refractivity contribution in [3.63, 3.8) is 0 Å². The molecular formula is C14H22ClN3O2S. The Hall–Kier alpha value is -0.560. The smallest absolute Gasteiger partial charge is 0.267 e. The molecule has 3 atom stereocenters. The highest BCUT2D eigenvalue weighted by Gasteiger charge is 2.36. The molecule has 2 aliphatic rings. The van der Waals surface area contributed by atoms with Crippen LogP contribution in [0.25, 0.3) is 0 Å². The molecule has 21 heavy (non-hydrogen) atoms. The van der Waals surface area contributed by atoms with E-state index in [4.69, 9.17) is 4.74 Å². The molecule has 3 heterocycles. The van der Waals surface area contributed by atoms with Crippen LogP contribution in [0.4, 0.5) is 0 Å². The number of fused-ring (bicyclic) bond motifs is 2. The van der Waals surface area contributed by atoms with E-state index in [0.29, 0.717) is 12.6 Å². The molecule has 0 aromatic carbocycles. The second kappa shape index (κ2) is 7.63. The summed E-state index contributed by atoms with van der Waals surface area (Å²) in [5.41, 5.74) is 0.926. The van der Waals surface area contributed by atoms with Crippen molar-refractivity contribution in [1.29, 1.82) is 0 Å². The predicted molar refractivity (Wildman–Crippen MR) is 86.4 cm³/mol. The van der Waals surface area contributed by atoms with Gasteiger partial charge in [-0.2, -0.15) is 0 Å². The van der Waals surface area contributed by atoms with Crippen LogP contribution in [0.2, 0.25) is 0 Å². The number of nitrogens with one attached hydrogen (secondary N) is 1. The van der Waals surface area contributed by atoms with Gasteiger partial charge in [0.1, 0.15) is 0 Å². The van der Waals surface area contributed by atoms with Gasteiger partial charge in [-0.15, -0.1) is 24.2 Å². The molecule has 3 unspecified atom stereocenters. The zero-order valence-electron chi connectivity index (χ0n) is 12.2. The topological polar surface area (TPSA) is 58.2 Å². The minimum atomic E-state index is -0.122. The number of methoxy groups -OCH3 is 1. The highest BCUT2D eigenvalue weighted by molar-refractivity contribution is 7.99. The minimum absolute atomic E-state index is 0. The monoisotopic (exact) mass is 331 g/mol. The molecule has 1 aromatic rings. The summed E-state index contributed by atoms with van der Waals surface area (Å²) in [5.74, 6) is 1.71. The van der Waals surface area contributed by atoms with Crippen molar-refractivity contribution in [2.45, 2.75) is 30.3 Å². The van der Waals surface area contributed by atoms with Crippen molar-refractivity contribution in [2.24, 2.45) is 5.92 Å². The number of piperidine rings is 1. The van der Waals surface area contributed by atoms with Crippen LogP contribution in [0.15, 0.2) is 16.0 Å². The van der Waals surface area contributed by atoms with Crippen molar-refractivity contribution in [3.8, 4) is 0 Å². The minimum Gasteiger partial charge on any atom is -0.384 e. The molecule has 2 bridgehead atoms. The molecule has 2 aliphatic heterocycles. The van der Waals surface area contributed by atoms with Crippen molar-refractivity contribution in [3.05, 3.63) is 22.2 Å². The van der Waals surface area contributed by atoms with Gasteiger partial charge in [-0.25, -0.2) is 0 Å². The SMILES string of the molecule is COCCSc1[nH]c(=O)cnc1C1CCC2CCN1C2.Cl. The third kappa shape index (κ3) is 3.80. The van der Waals surface area contributed by atoms with Crippen LogP contribution >= 0.6 is 24.2 Å². The maximum Gasteiger partial charge on any atom is 0.267 e. The number of aromatic nitrogens is 2. The summed E-state index contributed by atoms with van der Waals surface area (Å²) in [7, 11) is 1.69. The number of nitrogens with zero attached hydrogens (tertiary/aromatic N) is 2. The first-order valence-electron chi connectivity index (χ1n) is 7.23. The van der Waals surface area contributed by atoms with Gasteiger partial charge in [0.2, 0.25) is 0 Å². The highest BCUT2D eigenvalue weighted by Crippen LogP contribution is 2.40. The molecule has 1 N–H and O–H groups in total. The molecule has 0 radical (unpaired) electrons. The lowest BCUT2D eigenvalue weighted by molar-refractivity contribution is 0.175. The average Bonchev–Trinajstić information content (AvgIpc) is 2.82. The summed E-state index contributed by atoms with van der Waals surface area (Å²) < 4.78 is 5.08. The van der Waals surface area contributed by atoms with Crippen LogP contribution in [-0.2, 0) is 4.74 Å². The molecule has 5 nitrogen and oxygen atoms in total. The Labute approximate surface area is 135 Å². The van der Waals surface area contributed by atoms with Crippen molar-refractivity contribution >= 4 is 24.2 Å². The first-order valence-corrected chi connectivity index (χ1v) is 8.21. The van der Waals surface area contributed by atoms with Gasteiger partial charge in [0.15, 0.2) is 0 Å². The van der Waals surface area contributed by atoms with Crippen LogP contribution in [0.5, 0.6) is 0 Å². The summed E-state index contributed by atoms with van der Waals surface area (Å²) in [4.78, 5) is 21.5. The Balaban J connectivity index is 0.00000161. The molecule has 0 saturated carbocycles. The fourth-order valence-electron chi connectivity index (χ4n) is 3.24. The maximum absolute atomic E-state index is 11.5. The summed E-state index contributed by atoms with van der Waals surface area (Å²) in [5, 5.41) is 0.921. The van der Waals surface area contributed by atoms with Gasteiger partial charge in [-0.3, -0.25) is 14.7 Å². The van der Waals surface area contributed by atoms with Crippen LogP contribution in [0.3, 0.4) is 0 Å². The highest BCUT2D eigenvalue weighted by atomic mass is 35.5. The maximum atomic E-state index is 11.5. The van der Waals surface area contributed by atoms with Gasteiger partial charge in [-0.05, 0) is 31.7 Å². The Bertz CT molecular complexity index is 525. The molecular weight excluding hydrogens is 310 g/mol. The first kappa shape index (κ1) is 16.8. The van der Waals surface area contributed by atoms with E-state index in [2.05, 4.69) is 14.9 Å². The van der Waals surface area contributed by atoms with E-state index < -0.39 is 0 Å². The molecule has 2 saturated heterocycles. The van der Waals surface area contributed by atoms with Crippen LogP contribution < -0.4 is 5.56 Å². The molecule has 0 aliphatic carbocycles. The van der Waals surface area contributed by atoms with Gasteiger partial charge in [-0.1, -0.05) is 0 Å². The third-order valence-corrected chi connectivity index (χ3v) is 5.22. The Morgan fingerprint density at radius 1 is 1.48 bits per heavy atom. The molecule has 0 spiro atoms. The lowest BCUT2D eigenvalue weighted by atomic mass is 9.95. The molecule has 2 fully saturated rings. The largest absolute Gasteiger partial charge is 0.384 e. The van der Waals surface area contributed by atoms with Crippen molar-refractivity contribution < 1.29 is 4.74 Å². The average molecular weight is 332 g/mol. The number of H-pyrrole nitrogens is 1. The first-order chi connectivity index (χ1) is 9.78. The van der Waals surface area contributed by atoms with Gasteiger partial charge < -0.3 is 9.72 Å². The van der Waals surface area contributed by atoms with Crippen LogP contribution in [0.1, 0.15) is 31.0 Å². The van der Waals surface area contributed by atoms with Gasteiger partial charge in [0.05, 0.1) is 29.6 Å². The fourth-order valence-corrected chi connectivity index (χ4v) is 4.20. The quantitative estimate of drug-likeness (QED) is 0.661. The van der Waals surface area contributed by atoms with E-state index in [-0.39, 0.29) is 18.0 Å². The molecule has 0 amide bonds. The van der Waals surface area contributed by atoms with Gasteiger partial charge in [0, 0.05) is 19.4 Å². The normalized spacial score (nSPS) is 27.4. The number of ether oxygens (including phenoxy) is 1. The van der Waals surface area contributed by atoms with Crippen LogP contribution in [0, 0.1) is 5.92 Å². The lowest BCUT2D eigenvalue weighted by Crippen LogP contribution is -2.32. The van der Waals surface area contributed by atoms with E-state index in [9.17, 15) is 4.79 Å². The summed E-state index contributed by atoms with van der Waals surface area (Å²) >= 11 is 1.64. The third-order valence-electron chi connectivity index (χ3n) is 4.25. The van der Waals surface area contributed by atoms with E-state index in [1.807, 2.05) is 0 Å². The van der Waals surface area contributed by atoms with E-state index in [0.717, 1.165) is 35.4 Å². The Morgan fingerprint density at radius 2 is 2.33 bits per heavy atom. The van der Waals surface area contributed by atoms with E-state index >= 15 is 0 Å². The number of halogens is 1. The van der Waals surface area contributed by atoms with Gasteiger partial charge in [0.25, 0.3) is 5.56 Å². The van der Waals surface area contributed by atoms with Crippen molar-refractivity contribution in [2.75, 3.05) is 32.6 Å². The Morgan fingerprint density at radius 3 is 3.14 bits per heavy atom. The molecule has 118 valence electrons.